The molecule has 108 valence electrons. The van der Waals surface area contributed by atoms with Crippen molar-refractivity contribution in [3.63, 3.8) is 0 Å². The molecule has 19 heavy (non-hydrogen) atoms. The molecule has 1 N–H and O–H groups in total. The topological polar surface area (TPSA) is 29.1 Å². The summed E-state index contributed by atoms with van der Waals surface area (Å²) in [7, 11) is 1.18. The Balaban J connectivity index is 2.71. The molecule has 0 heterocycles. The predicted octanol–water partition coefficient (Wildman–Crippen LogP) is 3.48. The van der Waals surface area contributed by atoms with Gasteiger partial charge in [-0.25, -0.2) is 0 Å². The van der Waals surface area contributed by atoms with Gasteiger partial charge in [0.05, 0.1) is 0 Å². The van der Waals surface area contributed by atoms with Gasteiger partial charge in [0, 0.05) is 28.3 Å². The van der Waals surface area contributed by atoms with Crippen LogP contribution in [0.2, 0.25) is 0 Å². The monoisotopic (exact) mass is 281 g/mol. The van der Waals surface area contributed by atoms with E-state index < -0.39 is 10.8 Å². The van der Waals surface area contributed by atoms with Crippen LogP contribution in [0.25, 0.3) is 0 Å². The van der Waals surface area contributed by atoms with Gasteiger partial charge in [0.1, 0.15) is 0 Å². The molecule has 0 amide bonds. The second-order valence-corrected chi connectivity index (χ2v) is 7.38. The van der Waals surface area contributed by atoms with Crippen LogP contribution in [0.15, 0.2) is 24.3 Å². The Morgan fingerprint density at radius 1 is 1.00 bits per heavy atom. The molecule has 2 atom stereocenters. The maximum atomic E-state index is 12.0. The molecule has 1 aromatic rings. The minimum absolute atomic E-state index is 0.181. The van der Waals surface area contributed by atoms with Crippen molar-refractivity contribution < 1.29 is 4.21 Å². The third-order valence-electron chi connectivity index (χ3n) is 3.23. The van der Waals surface area contributed by atoms with Gasteiger partial charge in [0.15, 0.2) is 0 Å². The minimum Gasteiger partial charge on any atom is -0.312 e. The molecule has 3 heteroatoms. The third-order valence-corrected chi connectivity index (χ3v) is 4.97. The zero-order chi connectivity index (χ0) is 14.4. The van der Waals surface area contributed by atoms with E-state index in [1.807, 2.05) is 7.05 Å². The highest BCUT2D eigenvalue weighted by atomic mass is 32.2. The van der Waals surface area contributed by atoms with E-state index >= 15 is 0 Å². The predicted molar refractivity (Wildman–Crippen MR) is 85.0 cm³/mol. The highest BCUT2D eigenvalue weighted by Gasteiger charge is 2.14. The lowest BCUT2D eigenvalue weighted by molar-refractivity contribution is 0.626. The first-order valence-corrected chi connectivity index (χ1v) is 8.55. The molecule has 0 fully saturated rings. The summed E-state index contributed by atoms with van der Waals surface area (Å²) in [4.78, 5) is 0. The van der Waals surface area contributed by atoms with Crippen LogP contribution in [0.5, 0.6) is 0 Å². The smallest absolute Gasteiger partial charge is 0.0434 e. The van der Waals surface area contributed by atoms with E-state index in [9.17, 15) is 4.21 Å². The van der Waals surface area contributed by atoms with E-state index in [1.54, 1.807) is 0 Å². The summed E-state index contributed by atoms with van der Waals surface area (Å²) in [6, 6.07) is 8.85. The lowest BCUT2D eigenvalue weighted by Crippen LogP contribution is -2.24. The Morgan fingerprint density at radius 3 is 1.95 bits per heavy atom. The summed E-state index contributed by atoms with van der Waals surface area (Å²) in [5.74, 6) is 2.51. The molecule has 2 nitrogen and oxygen atoms in total. The third kappa shape index (κ3) is 5.45. The van der Waals surface area contributed by atoms with Gasteiger partial charge in [0.2, 0.25) is 0 Å². The van der Waals surface area contributed by atoms with Crippen molar-refractivity contribution in [2.75, 3.05) is 18.6 Å². The number of hydrogen-bond donors (Lipinski definition) is 1. The van der Waals surface area contributed by atoms with Crippen molar-refractivity contribution in [3.05, 3.63) is 35.4 Å². The summed E-state index contributed by atoms with van der Waals surface area (Å²) in [5.41, 5.74) is 2.57. The summed E-state index contributed by atoms with van der Waals surface area (Å²) in [5, 5.41) is 3.28. The molecule has 1 aromatic carbocycles. The van der Waals surface area contributed by atoms with Crippen LogP contribution in [0, 0.1) is 5.92 Å². The van der Waals surface area contributed by atoms with Gasteiger partial charge >= 0.3 is 0 Å². The molecule has 0 radical (unpaired) electrons. The van der Waals surface area contributed by atoms with Gasteiger partial charge in [-0.1, -0.05) is 52.0 Å². The second-order valence-electron chi connectivity index (χ2n) is 5.83. The van der Waals surface area contributed by atoms with Crippen LogP contribution in [0.4, 0.5) is 0 Å². The van der Waals surface area contributed by atoms with Crippen LogP contribution >= 0.6 is 0 Å². The number of nitrogens with one attached hydrogen (secondary N) is 1. The summed E-state index contributed by atoms with van der Waals surface area (Å²) < 4.78 is 12.0. The quantitative estimate of drug-likeness (QED) is 0.829. The van der Waals surface area contributed by atoms with Crippen molar-refractivity contribution in [1.82, 2.24) is 5.32 Å². The molecule has 0 aliphatic carbocycles. The van der Waals surface area contributed by atoms with E-state index in [0.29, 0.717) is 17.6 Å². The van der Waals surface area contributed by atoms with Crippen LogP contribution in [-0.2, 0) is 10.8 Å². The maximum Gasteiger partial charge on any atom is 0.0434 e. The van der Waals surface area contributed by atoms with Crippen molar-refractivity contribution in [1.29, 1.82) is 0 Å². The Morgan fingerprint density at radius 2 is 1.53 bits per heavy atom. The van der Waals surface area contributed by atoms with Crippen molar-refractivity contribution in [2.24, 2.45) is 5.92 Å². The van der Waals surface area contributed by atoms with Gasteiger partial charge in [-0.2, -0.15) is 0 Å². The van der Waals surface area contributed by atoms with Gasteiger partial charge < -0.3 is 5.32 Å². The Hall–Kier alpha value is -0.670. The van der Waals surface area contributed by atoms with Gasteiger partial charge in [-0.15, -0.1) is 0 Å². The van der Waals surface area contributed by atoms with Crippen LogP contribution < -0.4 is 5.32 Å². The Kier molecular flexibility index (Phi) is 6.73. The van der Waals surface area contributed by atoms with Crippen LogP contribution in [0.3, 0.4) is 0 Å². The molecular formula is C16H27NOS. The molecule has 0 saturated heterocycles. The average Bonchev–Trinajstić information content (AvgIpc) is 2.35. The summed E-state index contributed by atoms with van der Waals surface area (Å²) >= 11 is 0. The first-order chi connectivity index (χ1) is 8.93. The lowest BCUT2D eigenvalue weighted by atomic mass is 10.00. The molecule has 2 unspecified atom stereocenters. The normalized spacial score (nSPS) is 14.9. The fourth-order valence-corrected chi connectivity index (χ4v) is 3.70. The first kappa shape index (κ1) is 16.4. The molecule has 0 saturated carbocycles. The van der Waals surface area contributed by atoms with E-state index in [1.165, 1.54) is 11.1 Å². The highest BCUT2D eigenvalue weighted by Crippen LogP contribution is 2.19. The average molecular weight is 281 g/mol. The maximum absolute atomic E-state index is 12.0. The van der Waals surface area contributed by atoms with Gasteiger partial charge in [0.25, 0.3) is 0 Å². The zero-order valence-electron chi connectivity index (χ0n) is 12.8. The second kappa shape index (κ2) is 7.81. The van der Waals surface area contributed by atoms with E-state index in [-0.39, 0.29) is 6.04 Å². The van der Waals surface area contributed by atoms with E-state index in [4.69, 9.17) is 0 Å². The van der Waals surface area contributed by atoms with Gasteiger partial charge in [-0.3, -0.25) is 4.21 Å². The van der Waals surface area contributed by atoms with Crippen molar-refractivity contribution in [3.8, 4) is 0 Å². The molecule has 0 aliphatic rings. The Bertz CT molecular complexity index is 398. The lowest BCUT2D eigenvalue weighted by Gasteiger charge is -2.18. The zero-order valence-corrected chi connectivity index (χ0v) is 13.6. The molecule has 0 spiro atoms. The van der Waals surface area contributed by atoms with E-state index in [0.717, 1.165) is 5.75 Å². The first-order valence-electron chi connectivity index (χ1n) is 7.06. The van der Waals surface area contributed by atoms with Crippen LogP contribution in [0.1, 0.15) is 50.8 Å². The Labute approximate surface area is 120 Å². The summed E-state index contributed by atoms with van der Waals surface area (Å²) in [6.45, 7) is 8.62. The molecule has 0 aliphatic heterocycles. The molecule has 1 rings (SSSR count). The fourth-order valence-electron chi connectivity index (χ4n) is 2.09. The van der Waals surface area contributed by atoms with Gasteiger partial charge in [-0.05, 0) is 30.0 Å². The standard InChI is InChI=1S/C16H27NOS/c1-12(2)10-19(18)11-16(17-5)15-8-6-14(7-9-15)13(3)4/h6-9,12-13,16-17H,10-11H2,1-5H3. The highest BCUT2D eigenvalue weighted by molar-refractivity contribution is 7.85. The van der Waals surface area contributed by atoms with Crippen molar-refractivity contribution in [2.45, 2.75) is 39.7 Å². The minimum atomic E-state index is -0.757. The summed E-state index contributed by atoms with van der Waals surface area (Å²) in [6.07, 6.45) is 0. The SMILES string of the molecule is CNC(CS(=O)CC(C)C)c1ccc(C(C)C)cc1. The molecule has 0 aromatic heterocycles. The fraction of sp³-hybridized carbons (Fsp3) is 0.625. The van der Waals surface area contributed by atoms with E-state index in [2.05, 4.69) is 57.3 Å². The number of rotatable bonds is 7. The largest absolute Gasteiger partial charge is 0.312 e. The molecular weight excluding hydrogens is 254 g/mol. The molecule has 0 bridgehead atoms. The number of hydrogen-bond acceptors (Lipinski definition) is 2. The van der Waals surface area contributed by atoms with Crippen molar-refractivity contribution >= 4 is 10.8 Å². The van der Waals surface area contributed by atoms with Crippen LogP contribution in [-0.4, -0.2) is 22.8 Å². The number of benzene rings is 1.